The van der Waals surface area contributed by atoms with Crippen LogP contribution in [0.3, 0.4) is 0 Å². The molecule has 2 heterocycles. The molecule has 2 aromatic carbocycles. The van der Waals surface area contributed by atoms with E-state index >= 15 is 0 Å². The predicted molar refractivity (Wildman–Crippen MR) is 128 cm³/mol. The van der Waals surface area contributed by atoms with Crippen LogP contribution in [0.15, 0.2) is 67.3 Å². The van der Waals surface area contributed by atoms with Crippen LogP contribution in [0.4, 0.5) is 8.78 Å². The summed E-state index contributed by atoms with van der Waals surface area (Å²) in [6.45, 7) is 9.92. The number of halogens is 2. The second-order valence-electron chi connectivity index (χ2n) is 8.44. The molecule has 0 unspecified atom stereocenters. The normalized spacial score (nSPS) is 10.8. The van der Waals surface area contributed by atoms with Crippen molar-refractivity contribution in [2.75, 3.05) is 0 Å². The first kappa shape index (κ1) is 24.1. The maximum Gasteiger partial charge on any atom is 0.162 e. The van der Waals surface area contributed by atoms with Gasteiger partial charge in [-0.15, -0.1) is 0 Å². The molecule has 0 amide bonds. The first-order chi connectivity index (χ1) is 15.8. The lowest BCUT2D eigenvalue weighted by atomic mass is 10.0. The number of benzene rings is 2. The molecule has 0 atom stereocenters. The number of aromatic nitrogens is 4. The average molecular weight is 447 g/mol. The lowest BCUT2D eigenvalue weighted by Crippen LogP contribution is -1.95. The van der Waals surface area contributed by atoms with Crippen LogP contribution in [0.5, 0.6) is 0 Å². The van der Waals surface area contributed by atoms with E-state index < -0.39 is 0 Å². The van der Waals surface area contributed by atoms with Crippen LogP contribution in [0.1, 0.15) is 56.2 Å². The average Bonchev–Trinajstić information content (AvgIpc) is 2.80. The fourth-order valence-corrected chi connectivity index (χ4v) is 3.19. The molecule has 0 aliphatic rings. The smallest absolute Gasteiger partial charge is 0.162 e. The SMILES string of the molecule is CC(C)c1ccc(-c2ncccn2)cc1F.Cc1cnc(-c2ccc(C(C)C)cc2F)nc1. The minimum atomic E-state index is -0.264. The van der Waals surface area contributed by atoms with Crippen LogP contribution in [0.25, 0.3) is 22.8 Å². The zero-order chi connectivity index (χ0) is 24.0. The quantitative estimate of drug-likeness (QED) is 0.335. The molecule has 0 saturated carbocycles. The van der Waals surface area contributed by atoms with Gasteiger partial charge in [0.2, 0.25) is 0 Å². The van der Waals surface area contributed by atoms with Gasteiger partial charge in [-0.1, -0.05) is 45.9 Å². The predicted octanol–water partition coefficient (Wildman–Crippen LogP) is 7.12. The van der Waals surface area contributed by atoms with E-state index in [0.29, 0.717) is 28.7 Å². The third-order valence-corrected chi connectivity index (χ3v) is 5.13. The molecule has 0 aliphatic carbocycles. The molecule has 2 aromatic heterocycles. The molecule has 0 radical (unpaired) electrons. The Morgan fingerprint density at radius 2 is 1.36 bits per heavy atom. The van der Waals surface area contributed by atoms with Gasteiger partial charge in [-0.05, 0) is 59.7 Å². The zero-order valence-electron chi connectivity index (χ0n) is 19.6. The number of hydrogen-bond acceptors (Lipinski definition) is 4. The summed E-state index contributed by atoms with van der Waals surface area (Å²) in [5, 5.41) is 0. The van der Waals surface area contributed by atoms with Crippen LogP contribution in [-0.2, 0) is 0 Å². The van der Waals surface area contributed by atoms with Crippen LogP contribution in [-0.4, -0.2) is 19.9 Å². The first-order valence-corrected chi connectivity index (χ1v) is 10.9. The van der Waals surface area contributed by atoms with Crippen molar-refractivity contribution in [3.63, 3.8) is 0 Å². The van der Waals surface area contributed by atoms with Crippen LogP contribution >= 0.6 is 0 Å². The van der Waals surface area contributed by atoms with E-state index in [1.165, 1.54) is 6.07 Å². The van der Waals surface area contributed by atoms with E-state index in [1.807, 2.05) is 46.8 Å². The number of aryl methyl sites for hydroxylation is 1. The molecule has 33 heavy (non-hydrogen) atoms. The highest BCUT2D eigenvalue weighted by Gasteiger charge is 2.10. The Kier molecular flexibility index (Phi) is 7.93. The van der Waals surface area contributed by atoms with Gasteiger partial charge in [0, 0.05) is 30.4 Å². The van der Waals surface area contributed by atoms with Gasteiger partial charge in [-0.2, -0.15) is 0 Å². The van der Waals surface area contributed by atoms with Crippen molar-refractivity contribution < 1.29 is 8.78 Å². The summed E-state index contributed by atoms with van der Waals surface area (Å²) in [6.07, 6.45) is 6.68. The van der Waals surface area contributed by atoms with E-state index in [2.05, 4.69) is 19.9 Å². The van der Waals surface area contributed by atoms with Crippen molar-refractivity contribution in [3.05, 3.63) is 95.6 Å². The Balaban J connectivity index is 0.000000186. The number of nitrogens with zero attached hydrogens (tertiary/aromatic N) is 4. The van der Waals surface area contributed by atoms with Gasteiger partial charge in [0.25, 0.3) is 0 Å². The Morgan fingerprint density at radius 1 is 0.697 bits per heavy atom. The van der Waals surface area contributed by atoms with E-state index in [0.717, 1.165) is 16.7 Å². The Morgan fingerprint density at radius 3 is 1.91 bits per heavy atom. The first-order valence-electron chi connectivity index (χ1n) is 10.9. The third kappa shape index (κ3) is 6.25. The molecule has 0 fully saturated rings. The molecule has 4 rings (SSSR count). The maximum absolute atomic E-state index is 13.9. The highest BCUT2D eigenvalue weighted by atomic mass is 19.1. The zero-order valence-corrected chi connectivity index (χ0v) is 19.6. The minimum absolute atomic E-state index is 0.186. The van der Waals surface area contributed by atoms with Crippen LogP contribution < -0.4 is 0 Å². The fraction of sp³-hybridized carbons (Fsp3) is 0.259. The minimum Gasteiger partial charge on any atom is -0.237 e. The molecule has 170 valence electrons. The lowest BCUT2D eigenvalue weighted by Gasteiger charge is -2.08. The van der Waals surface area contributed by atoms with Crippen molar-refractivity contribution >= 4 is 0 Å². The maximum atomic E-state index is 13.9. The summed E-state index contributed by atoms with van der Waals surface area (Å²) in [6, 6.07) is 12.1. The van der Waals surface area contributed by atoms with Gasteiger partial charge in [0.05, 0.1) is 5.56 Å². The molecular formula is C27H28F2N4. The van der Waals surface area contributed by atoms with Crippen molar-refractivity contribution in [3.8, 4) is 22.8 Å². The highest BCUT2D eigenvalue weighted by molar-refractivity contribution is 5.57. The second kappa shape index (κ2) is 10.9. The molecular weight excluding hydrogens is 418 g/mol. The van der Waals surface area contributed by atoms with Gasteiger partial charge in [0.1, 0.15) is 11.6 Å². The summed E-state index contributed by atoms with van der Waals surface area (Å²) in [4.78, 5) is 16.4. The van der Waals surface area contributed by atoms with E-state index in [9.17, 15) is 8.78 Å². The molecule has 0 saturated heterocycles. The Labute approximate surface area is 193 Å². The van der Waals surface area contributed by atoms with Gasteiger partial charge in [-0.25, -0.2) is 28.7 Å². The Hall–Kier alpha value is -3.54. The lowest BCUT2D eigenvalue weighted by molar-refractivity contribution is 0.598. The van der Waals surface area contributed by atoms with Crippen molar-refractivity contribution in [2.24, 2.45) is 0 Å². The van der Waals surface area contributed by atoms with Crippen LogP contribution in [0.2, 0.25) is 0 Å². The van der Waals surface area contributed by atoms with E-state index in [-0.39, 0.29) is 17.6 Å². The third-order valence-electron chi connectivity index (χ3n) is 5.13. The standard InChI is InChI=1S/C14H15FN2.C13H13FN2/c1-9(2)11-4-5-12(13(15)6-11)14-16-7-10(3)8-17-14;1-9(2)11-5-4-10(8-12(11)14)13-15-6-3-7-16-13/h4-9H,1-3H3;3-9H,1-2H3. The van der Waals surface area contributed by atoms with Crippen LogP contribution in [0, 0.1) is 18.6 Å². The fourth-order valence-electron chi connectivity index (χ4n) is 3.19. The molecule has 0 bridgehead atoms. The summed E-state index contributed by atoms with van der Waals surface area (Å²) >= 11 is 0. The monoisotopic (exact) mass is 446 g/mol. The summed E-state index contributed by atoms with van der Waals surface area (Å²) in [5.74, 6) is 1.03. The molecule has 0 aliphatic heterocycles. The van der Waals surface area contributed by atoms with Crippen molar-refractivity contribution in [1.29, 1.82) is 0 Å². The Bertz CT molecular complexity index is 1190. The molecule has 4 aromatic rings. The van der Waals surface area contributed by atoms with Crippen molar-refractivity contribution in [2.45, 2.75) is 46.5 Å². The molecule has 6 heteroatoms. The molecule has 0 spiro atoms. The second-order valence-corrected chi connectivity index (χ2v) is 8.44. The highest BCUT2D eigenvalue weighted by Crippen LogP contribution is 2.24. The van der Waals surface area contributed by atoms with Gasteiger partial charge in [0.15, 0.2) is 11.6 Å². The summed E-state index contributed by atoms with van der Waals surface area (Å²) in [7, 11) is 0. The van der Waals surface area contributed by atoms with E-state index in [1.54, 1.807) is 49.1 Å². The number of rotatable bonds is 4. The molecule has 4 nitrogen and oxygen atoms in total. The van der Waals surface area contributed by atoms with Gasteiger partial charge < -0.3 is 0 Å². The summed E-state index contributed by atoms with van der Waals surface area (Å²) < 4.78 is 27.6. The van der Waals surface area contributed by atoms with E-state index in [4.69, 9.17) is 0 Å². The summed E-state index contributed by atoms with van der Waals surface area (Å²) in [5.41, 5.74) is 3.84. The van der Waals surface area contributed by atoms with Gasteiger partial charge >= 0.3 is 0 Å². The largest absolute Gasteiger partial charge is 0.237 e. The topological polar surface area (TPSA) is 51.6 Å². The van der Waals surface area contributed by atoms with Crippen molar-refractivity contribution in [1.82, 2.24) is 19.9 Å². The van der Waals surface area contributed by atoms with Gasteiger partial charge in [-0.3, -0.25) is 0 Å². The molecule has 0 N–H and O–H groups in total. The number of hydrogen-bond donors (Lipinski definition) is 0.